The van der Waals surface area contributed by atoms with Crippen LogP contribution in [0, 0.1) is 13.8 Å². The maximum atomic E-state index is 11.7. The Labute approximate surface area is 133 Å². The third-order valence-electron chi connectivity index (χ3n) is 3.37. The van der Waals surface area contributed by atoms with E-state index in [2.05, 4.69) is 15.3 Å². The second-order valence-corrected chi connectivity index (χ2v) is 5.12. The van der Waals surface area contributed by atoms with Gasteiger partial charge < -0.3 is 14.5 Å². The van der Waals surface area contributed by atoms with Gasteiger partial charge in [-0.3, -0.25) is 9.20 Å². The lowest BCUT2D eigenvalue weighted by atomic mass is 10.3. The van der Waals surface area contributed by atoms with Gasteiger partial charge in [0.25, 0.3) is 0 Å². The van der Waals surface area contributed by atoms with E-state index in [9.17, 15) is 4.79 Å². The monoisotopic (exact) mass is 314 g/mol. The first-order valence-electron chi connectivity index (χ1n) is 7.40. The number of hydrogen-bond donors (Lipinski definition) is 1. The molecule has 3 aromatic heterocycles. The minimum absolute atomic E-state index is 0.0443. The smallest absolute Gasteiger partial charge is 0.325 e. The molecule has 0 fully saturated rings. The van der Waals surface area contributed by atoms with Crippen molar-refractivity contribution in [1.29, 1.82) is 0 Å². The average Bonchev–Trinajstić information content (AvgIpc) is 3.12. The van der Waals surface area contributed by atoms with Crippen LogP contribution in [0.3, 0.4) is 0 Å². The number of anilines is 1. The largest absolute Gasteiger partial charge is 0.465 e. The molecule has 3 heterocycles. The maximum absolute atomic E-state index is 11.7. The molecule has 0 bridgehead atoms. The molecule has 120 valence electrons. The second kappa shape index (κ2) is 6.12. The number of fused-ring (bicyclic) bond motifs is 1. The fourth-order valence-electron chi connectivity index (χ4n) is 2.49. The Morgan fingerprint density at radius 3 is 2.91 bits per heavy atom. The summed E-state index contributed by atoms with van der Waals surface area (Å²) >= 11 is 0. The summed E-state index contributed by atoms with van der Waals surface area (Å²) in [5.74, 6) is 1.50. The van der Waals surface area contributed by atoms with Crippen LogP contribution in [0.5, 0.6) is 0 Å². The molecule has 0 spiro atoms. The van der Waals surface area contributed by atoms with Crippen LogP contribution in [0.4, 0.5) is 5.82 Å². The summed E-state index contributed by atoms with van der Waals surface area (Å²) in [5.41, 5.74) is 2.45. The lowest BCUT2D eigenvalue weighted by Gasteiger charge is -2.09. The van der Waals surface area contributed by atoms with Crippen molar-refractivity contribution in [3.63, 3.8) is 0 Å². The van der Waals surface area contributed by atoms with Gasteiger partial charge in [-0.25, -0.2) is 9.97 Å². The molecule has 7 nitrogen and oxygen atoms in total. The predicted octanol–water partition coefficient (Wildman–Crippen LogP) is 2.58. The Bertz CT molecular complexity index is 837. The fourth-order valence-corrected chi connectivity index (χ4v) is 2.49. The highest BCUT2D eigenvalue weighted by molar-refractivity contribution is 5.79. The van der Waals surface area contributed by atoms with E-state index in [1.165, 1.54) is 0 Å². The van der Waals surface area contributed by atoms with E-state index >= 15 is 0 Å². The molecule has 0 unspecified atom stereocenters. The van der Waals surface area contributed by atoms with Gasteiger partial charge in [0.05, 0.1) is 12.9 Å². The fraction of sp³-hybridized carbons (Fsp3) is 0.312. The van der Waals surface area contributed by atoms with Gasteiger partial charge in [-0.05, 0) is 39.0 Å². The second-order valence-electron chi connectivity index (χ2n) is 5.12. The van der Waals surface area contributed by atoms with E-state index in [0.717, 1.165) is 11.4 Å². The lowest BCUT2D eigenvalue weighted by Crippen LogP contribution is -2.18. The van der Waals surface area contributed by atoms with Crippen LogP contribution in [0.15, 0.2) is 28.9 Å². The Morgan fingerprint density at radius 1 is 1.39 bits per heavy atom. The van der Waals surface area contributed by atoms with Crippen LogP contribution >= 0.6 is 0 Å². The van der Waals surface area contributed by atoms with Crippen molar-refractivity contribution in [2.75, 3.05) is 18.5 Å². The van der Waals surface area contributed by atoms with E-state index in [4.69, 9.17) is 9.15 Å². The molecule has 0 aliphatic heterocycles. The molecule has 7 heteroatoms. The van der Waals surface area contributed by atoms with Gasteiger partial charge in [0.15, 0.2) is 11.5 Å². The number of nitrogens with zero attached hydrogens (tertiary/aromatic N) is 3. The Morgan fingerprint density at radius 2 is 2.22 bits per heavy atom. The predicted molar refractivity (Wildman–Crippen MR) is 85.3 cm³/mol. The molecular weight excluding hydrogens is 296 g/mol. The summed E-state index contributed by atoms with van der Waals surface area (Å²) in [6, 6.07) is 5.57. The molecular formula is C16H18N4O3. The first-order chi connectivity index (χ1) is 11.1. The highest BCUT2D eigenvalue weighted by atomic mass is 16.5. The number of esters is 1. The number of ether oxygens (including phenoxy) is 1. The quantitative estimate of drug-likeness (QED) is 0.729. The molecule has 0 aliphatic rings. The number of carbonyl (C=O) groups excluding carboxylic acids is 1. The van der Waals surface area contributed by atoms with E-state index < -0.39 is 0 Å². The highest BCUT2D eigenvalue weighted by Crippen LogP contribution is 2.29. The molecule has 3 rings (SSSR count). The number of nitrogens with one attached hydrogen (secondary N) is 1. The third-order valence-corrected chi connectivity index (χ3v) is 3.37. The number of furan rings is 1. The van der Waals surface area contributed by atoms with E-state index in [0.29, 0.717) is 29.7 Å². The minimum Gasteiger partial charge on any atom is -0.465 e. The normalized spacial score (nSPS) is 10.9. The third kappa shape index (κ3) is 2.90. The number of aryl methyl sites for hydroxylation is 2. The van der Waals surface area contributed by atoms with Crippen LogP contribution in [-0.4, -0.2) is 33.5 Å². The van der Waals surface area contributed by atoms with Crippen molar-refractivity contribution in [1.82, 2.24) is 14.4 Å². The first kappa shape index (κ1) is 15.1. The van der Waals surface area contributed by atoms with Crippen molar-refractivity contribution in [2.24, 2.45) is 0 Å². The zero-order valence-electron chi connectivity index (χ0n) is 13.3. The van der Waals surface area contributed by atoms with Gasteiger partial charge in [-0.1, -0.05) is 0 Å². The Kier molecular flexibility index (Phi) is 4.01. The molecule has 3 aromatic rings. The Hall–Kier alpha value is -2.83. The first-order valence-corrected chi connectivity index (χ1v) is 7.40. The summed E-state index contributed by atoms with van der Waals surface area (Å²) in [4.78, 5) is 20.6. The molecule has 0 radical (unpaired) electrons. The summed E-state index contributed by atoms with van der Waals surface area (Å²) in [6.45, 7) is 6.04. The van der Waals surface area contributed by atoms with Crippen LogP contribution < -0.4 is 5.32 Å². The number of rotatable bonds is 5. The van der Waals surface area contributed by atoms with Crippen LogP contribution in [0.25, 0.3) is 17.2 Å². The van der Waals surface area contributed by atoms with E-state index in [1.54, 1.807) is 19.3 Å². The molecule has 23 heavy (non-hydrogen) atoms. The van der Waals surface area contributed by atoms with Crippen LogP contribution in [0.2, 0.25) is 0 Å². The van der Waals surface area contributed by atoms with Gasteiger partial charge in [0, 0.05) is 11.4 Å². The summed E-state index contributed by atoms with van der Waals surface area (Å²) in [6.07, 6.45) is 1.58. The van der Waals surface area contributed by atoms with Crippen molar-refractivity contribution in [2.45, 2.75) is 20.8 Å². The zero-order chi connectivity index (χ0) is 16.4. The highest BCUT2D eigenvalue weighted by Gasteiger charge is 2.19. The van der Waals surface area contributed by atoms with Crippen molar-refractivity contribution >= 4 is 17.6 Å². The van der Waals surface area contributed by atoms with Gasteiger partial charge in [-0.15, -0.1) is 0 Å². The van der Waals surface area contributed by atoms with Gasteiger partial charge in [0.2, 0.25) is 5.78 Å². The van der Waals surface area contributed by atoms with E-state index in [-0.39, 0.29) is 12.5 Å². The minimum atomic E-state index is -0.328. The summed E-state index contributed by atoms with van der Waals surface area (Å²) in [5, 5.41) is 3.10. The van der Waals surface area contributed by atoms with Crippen molar-refractivity contribution in [3.8, 4) is 11.5 Å². The topological polar surface area (TPSA) is 81.7 Å². The SMILES string of the molecule is CCOC(=O)CNc1c(-c2ccco2)nc2nc(C)cc(C)n12. The maximum Gasteiger partial charge on any atom is 0.325 e. The van der Waals surface area contributed by atoms with Crippen LogP contribution in [-0.2, 0) is 9.53 Å². The number of hydrogen-bond acceptors (Lipinski definition) is 6. The van der Waals surface area contributed by atoms with E-state index in [1.807, 2.05) is 30.4 Å². The summed E-state index contributed by atoms with van der Waals surface area (Å²) in [7, 11) is 0. The molecule has 0 saturated heterocycles. The Balaban J connectivity index is 2.08. The molecule has 0 amide bonds. The van der Waals surface area contributed by atoms with Crippen molar-refractivity contribution < 1.29 is 13.9 Å². The van der Waals surface area contributed by atoms with Gasteiger partial charge >= 0.3 is 5.97 Å². The van der Waals surface area contributed by atoms with Crippen molar-refractivity contribution in [3.05, 3.63) is 35.9 Å². The molecule has 0 saturated carbocycles. The van der Waals surface area contributed by atoms with Crippen LogP contribution in [0.1, 0.15) is 18.3 Å². The number of imidazole rings is 1. The molecule has 0 aliphatic carbocycles. The lowest BCUT2D eigenvalue weighted by molar-refractivity contribution is -0.140. The van der Waals surface area contributed by atoms with Gasteiger partial charge in [-0.2, -0.15) is 0 Å². The zero-order valence-corrected chi connectivity index (χ0v) is 13.3. The number of aromatic nitrogens is 3. The molecule has 0 aromatic carbocycles. The number of carbonyl (C=O) groups is 1. The summed E-state index contributed by atoms with van der Waals surface area (Å²) < 4.78 is 12.3. The molecule has 0 atom stereocenters. The standard InChI is InChI=1S/C16H18N4O3/c1-4-22-13(21)9-17-15-14(12-6-5-7-23-12)19-16-18-10(2)8-11(3)20(15)16/h5-8,17H,4,9H2,1-3H3. The molecule has 1 N–H and O–H groups in total. The average molecular weight is 314 g/mol. The van der Waals surface area contributed by atoms with Gasteiger partial charge in [0.1, 0.15) is 12.4 Å².